The molecule has 0 bridgehead atoms. The maximum atomic E-state index is 10.2. The Balaban J connectivity index is 1.98. The molecule has 0 aliphatic heterocycles. The van der Waals surface area contributed by atoms with Crippen LogP contribution < -0.4 is 15.4 Å². The molecule has 30 heavy (non-hydrogen) atoms. The number of hydrogen-bond acceptors (Lipinski definition) is 8. The standard InChI is InChI=1S/C21H30N6O3/c1-6-16(13(4)28)24-21-25-19(18-20(26-21)27(11-23-18)12(2)3)22-10-14-9-15(30-5)7-8-17(14)29/h7-9,11-13,16,28-29H,6,10H2,1-5H3,(H2,22,24,25,26). The molecule has 0 aliphatic rings. The summed E-state index contributed by atoms with van der Waals surface area (Å²) in [5, 5.41) is 26.7. The van der Waals surface area contributed by atoms with Gasteiger partial charge >= 0.3 is 0 Å². The van der Waals surface area contributed by atoms with Crippen molar-refractivity contribution in [3.05, 3.63) is 30.1 Å². The molecule has 2 heterocycles. The second kappa shape index (κ2) is 9.17. The van der Waals surface area contributed by atoms with E-state index in [1.165, 1.54) is 0 Å². The van der Waals surface area contributed by atoms with Crippen molar-refractivity contribution < 1.29 is 14.9 Å². The molecule has 0 amide bonds. The van der Waals surface area contributed by atoms with E-state index in [0.717, 1.165) is 6.42 Å². The van der Waals surface area contributed by atoms with Gasteiger partial charge in [-0.1, -0.05) is 6.92 Å². The van der Waals surface area contributed by atoms with Gasteiger partial charge < -0.3 is 30.2 Å². The Kier molecular flexibility index (Phi) is 6.61. The summed E-state index contributed by atoms with van der Waals surface area (Å²) in [5.41, 5.74) is 2.01. The number of rotatable bonds is 9. The van der Waals surface area contributed by atoms with Gasteiger partial charge in [0.1, 0.15) is 11.5 Å². The van der Waals surface area contributed by atoms with Crippen molar-refractivity contribution in [3.63, 3.8) is 0 Å². The average molecular weight is 415 g/mol. The van der Waals surface area contributed by atoms with Crippen LogP contribution in [0.4, 0.5) is 11.8 Å². The number of hydrogen-bond donors (Lipinski definition) is 4. The Labute approximate surface area is 176 Å². The highest BCUT2D eigenvalue weighted by atomic mass is 16.5. The zero-order valence-electron chi connectivity index (χ0n) is 18.0. The number of phenolic OH excluding ortho intramolecular Hbond substituents is 1. The average Bonchev–Trinajstić information content (AvgIpc) is 3.15. The summed E-state index contributed by atoms with van der Waals surface area (Å²) in [6, 6.07) is 5.07. The number of aromatic nitrogens is 4. The summed E-state index contributed by atoms with van der Waals surface area (Å²) < 4.78 is 7.22. The lowest BCUT2D eigenvalue weighted by molar-refractivity contribution is 0.169. The Hall–Kier alpha value is -3.07. The number of aliphatic hydroxyl groups is 1. The minimum atomic E-state index is -0.547. The highest BCUT2D eigenvalue weighted by molar-refractivity contribution is 5.84. The molecular formula is C21H30N6O3. The van der Waals surface area contributed by atoms with Crippen molar-refractivity contribution in [2.75, 3.05) is 17.7 Å². The van der Waals surface area contributed by atoms with E-state index in [0.29, 0.717) is 40.8 Å². The number of benzene rings is 1. The topological polar surface area (TPSA) is 117 Å². The molecular weight excluding hydrogens is 384 g/mol. The van der Waals surface area contributed by atoms with E-state index >= 15 is 0 Å². The van der Waals surface area contributed by atoms with Crippen molar-refractivity contribution in [3.8, 4) is 11.5 Å². The normalized spacial score (nSPS) is 13.4. The van der Waals surface area contributed by atoms with Crippen LogP contribution in [0, 0.1) is 0 Å². The van der Waals surface area contributed by atoms with E-state index in [2.05, 4.69) is 39.4 Å². The first-order chi connectivity index (χ1) is 14.3. The molecule has 2 unspecified atom stereocenters. The molecule has 2 aromatic heterocycles. The third-order valence-corrected chi connectivity index (χ3v) is 5.05. The van der Waals surface area contributed by atoms with Crippen molar-refractivity contribution in [1.29, 1.82) is 0 Å². The molecule has 9 heteroatoms. The first-order valence-electron chi connectivity index (χ1n) is 10.1. The molecule has 0 radical (unpaired) electrons. The van der Waals surface area contributed by atoms with Crippen molar-refractivity contribution in [2.45, 2.75) is 58.8 Å². The Morgan fingerprint density at radius 1 is 1.20 bits per heavy atom. The number of anilines is 2. The van der Waals surface area contributed by atoms with Gasteiger partial charge in [0.15, 0.2) is 17.0 Å². The molecule has 162 valence electrons. The van der Waals surface area contributed by atoms with E-state index in [-0.39, 0.29) is 17.8 Å². The SMILES string of the molecule is CCC(Nc1nc(NCc2cc(OC)ccc2O)c2ncn(C(C)C)c2n1)C(C)O. The maximum Gasteiger partial charge on any atom is 0.227 e. The molecule has 1 aromatic carbocycles. The predicted octanol–water partition coefficient (Wildman–Crippen LogP) is 3.30. The molecule has 0 spiro atoms. The molecule has 3 aromatic rings. The van der Waals surface area contributed by atoms with Gasteiger partial charge in [0.2, 0.25) is 5.95 Å². The lowest BCUT2D eigenvalue weighted by Gasteiger charge is -2.20. The number of aliphatic hydroxyl groups excluding tert-OH is 1. The van der Waals surface area contributed by atoms with Gasteiger partial charge in [-0.05, 0) is 45.4 Å². The molecule has 0 saturated carbocycles. The van der Waals surface area contributed by atoms with Crippen LogP contribution in [0.25, 0.3) is 11.2 Å². The second-order valence-electron chi connectivity index (χ2n) is 7.56. The fraction of sp³-hybridized carbons (Fsp3) is 0.476. The van der Waals surface area contributed by atoms with Gasteiger partial charge in [0.25, 0.3) is 0 Å². The number of imidazole rings is 1. The van der Waals surface area contributed by atoms with Gasteiger partial charge in [-0.2, -0.15) is 9.97 Å². The Bertz CT molecular complexity index is 1000. The third-order valence-electron chi connectivity index (χ3n) is 5.05. The van der Waals surface area contributed by atoms with Crippen LogP contribution in [0.2, 0.25) is 0 Å². The molecule has 9 nitrogen and oxygen atoms in total. The van der Waals surface area contributed by atoms with Crippen LogP contribution in [0.3, 0.4) is 0 Å². The summed E-state index contributed by atoms with van der Waals surface area (Å²) in [6.07, 6.45) is 1.92. The molecule has 2 atom stereocenters. The molecule has 0 saturated heterocycles. The number of ether oxygens (including phenoxy) is 1. The molecule has 3 rings (SSSR count). The van der Waals surface area contributed by atoms with Gasteiger partial charge in [-0.3, -0.25) is 0 Å². The minimum absolute atomic E-state index is 0.166. The van der Waals surface area contributed by atoms with E-state index in [1.807, 2.05) is 11.5 Å². The number of nitrogens with zero attached hydrogens (tertiary/aromatic N) is 4. The van der Waals surface area contributed by atoms with Crippen molar-refractivity contribution in [2.24, 2.45) is 0 Å². The van der Waals surface area contributed by atoms with Crippen LogP contribution >= 0.6 is 0 Å². The first kappa shape index (κ1) is 21.6. The maximum absolute atomic E-state index is 10.2. The van der Waals surface area contributed by atoms with Crippen LogP contribution in [0.5, 0.6) is 11.5 Å². The second-order valence-corrected chi connectivity index (χ2v) is 7.56. The van der Waals surface area contributed by atoms with E-state index in [9.17, 15) is 10.2 Å². The van der Waals surface area contributed by atoms with Crippen LogP contribution in [0.15, 0.2) is 24.5 Å². The van der Waals surface area contributed by atoms with Crippen molar-refractivity contribution >= 4 is 22.9 Å². The Morgan fingerprint density at radius 3 is 2.60 bits per heavy atom. The lowest BCUT2D eigenvalue weighted by Crippen LogP contribution is -2.31. The number of phenols is 1. The predicted molar refractivity (Wildman–Crippen MR) is 117 cm³/mol. The fourth-order valence-corrected chi connectivity index (χ4v) is 3.22. The zero-order valence-corrected chi connectivity index (χ0v) is 18.0. The number of fused-ring (bicyclic) bond motifs is 1. The van der Waals surface area contributed by atoms with Gasteiger partial charge in [0.05, 0.1) is 25.6 Å². The third kappa shape index (κ3) is 4.56. The zero-order chi connectivity index (χ0) is 21.8. The summed E-state index contributed by atoms with van der Waals surface area (Å²) in [6.45, 7) is 8.18. The minimum Gasteiger partial charge on any atom is -0.508 e. The quantitative estimate of drug-likeness (QED) is 0.421. The number of nitrogens with one attached hydrogen (secondary N) is 2. The largest absolute Gasteiger partial charge is 0.508 e. The summed E-state index contributed by atoms with van der Waals surface area (Å²) in [7, 11) is 1.58. The van der Waals surface area contributed by atoms with Crippen LogP contribution in [-0.2, 0) is 6.54 Å². The van der Waals surface area contributed by atoms with Crippen LogP contribution in [0.1, 0.15) is 45.7 Å². The number of methoxy groups -OCH3 is 1. The van der Waals surface area contributed by atoms with Gasteiger partial charge in [-0.25, -0.2) is 4.98 Å². The van der Waals surface area contributed by atoms with E-state index in [4.69, 9.17) is 4.74 Å². The Morgan fingerprint density at radius 2 is 1.97 bits per heavy atom. The summed E-state index contributed by atoms with van der Waals surface area (Å²) >= 11 is 0. The van der Waals surface area contributed by atoms with E-state index in [1.54, 1.807) is 38.6 Å². The molecule has 0 fully saturated rings. The highest BCUT2D eigenvalue weighted by Crippen LogP contribution is 2.27. The number of aromatic hydroxyl groups is 1. The molecule has 0 aliphatic carbocycles. The van der Waals surface area contributed by atoms with Gasteiger partial charge in [-0.15, -0.1) is 0 Å². The lowest BCUT2D eigenvalue weighted by atomic mass is 10.1. The van der Waals surface area contributed by atoms with E-state index < -0.39 is 6.10 Å². The van der Waals surface area contributed by atoms with Crippen LogP contribution in [-0.4, -0.2) is 49.0 Å². The monoisotopic (exact) mass is 414 g/mol. The summed E-state index contributed by atoms with van der Waals surface area (Å²) in [5.74, 6) is 1.78. The summed E-state index contributed by atoms with van der Waals surface area (Å²) in [4.78, 5) is 13.7. The highest BCUT2D eigenvalue weighted by Gasteiger charge is 2.19. The smallest absolute Gasteiger partial charge is 0.227 e. The first-order valence-corrected chi connectivity index (χ1v) is 10.1. The van der Waals surface area contributed by atoms with Gasteiger partial charge in [0, 0.05) is 18.2 Å². The fourth-order valence-electron chi connectivity index (χ4n) is 3.22. The molecule has 4 N–H and O–H groups in total. The van der Waals surface area contributed by atoms with Crippen molar-refractivity contribution in [1.82, 2.24) is 19.5 Å².